The second-order valence-electron chi connectivity index (χ2n) is 8.76. The Kier molecular flexibility index (Phi) is 7.30. The van der Waals surface area contributed by atoms with Crippen LogP contribution in [0.1, 0.15) is 24.2 Å². The Labute approximate surface area is 209 Å². The maximum absolute atomic E-state index is 12.8. The van der Waals surface area contributed by atoms with Gasteiger partial charge in [0.15, 0.2) is 11.0 Å². The largest absolute Gasteiger partial charge is 0.469 e. The number of benzene rings is 2. The van der Waals surface area contributed by atoms with Crippen LogP contribution in [-0.2, 0) is 11.3 Å². The van der Waals surface area contributed by atoms with E-state index in [2.05, 4.69) is 44.7 Å². The highest BCUT2D eigenvalue weighted by atomic mass is 32.2. The zero-order valence-electron chi connectivity index (χ0n) is 19.8. The molecule has 1 aliphatic rings. The predicted molar refractivity (Wildman–Crippen MR) is 137 cm³/mol. The molecule has 2 aromatic heterocycles. The van der Waals surface area contributed by atoms with Crippen molar-refractivity contribution in [2.24, 2.45) is 0 Å². The Morgan fingerprint density at radius 2 is 1.74 bits per heavy atom. The van der Waals surface area contributed by atoms with Crippen molar-refractivity contribution in [3.05, 3.63) is 84.3 Å². The summed E-state index contributed by atoms with van der Waals surface area (Å²) in [5.41, 5.74) is 3.17. The third kappa shape index (κ3) is 5.66. The first kappa shape index (κ1) is 23.4. The minimum absolute atomic E-state index is 0.0279. The summed E-state index contributed by atoms with van der Waals surface area (Å²) in [5, 5.41) is 12.7. The summed E-state index contributed by atoms with van der Waals surface area (Å²) in [6.07, 6.45) is 3.58. The Balaban J connectivity index is 1.19. The van der Waals surface area contributed by atoms with E-state index in [4.69, 9.17) is 4.42 Å². The summed E-state index contributed by atoms with van der Waals surface area (Å²) < 4.78 is 7.47. The van der Waals surface area contributed by atoms with Crippen molar-refractivity contribution in [2.75, 3.05) is 18.8 Å². The molecule has 3 heterocycles. The summed E-state index contributed by atoms with van der Waals surface area (Å²) in [5.74, 6) is 1.80. The number of carbonyl (C=O) groups is 1. The lowest BCUT2D eigenvalue weighted by molar-refractivity contribution is -0.119. The predicted octanol–water partition coefficient (Wildman–Crippen LogP) is 4.71. The Bertz CT molecular complexity index is 1250. The van der Waals surface area contributed by atoms with Gasteiger partial charge in [0.05, 0.1) is 17.6 Å². The van der Waals surface area contributed by atoms with Crippen molar-refractivity contribution in [2.45, 2.75) is 37.5 Å². The van der Waals surface area contributed by atoms with Crippen LogP contribution in [0.5, 0.6) is 0 Å². The van der Waals surface area contributed by atoms with Crippen LogP contribution in [0.2, 0.25) is 0 Å². The zero-order chi connectivity index (χ0) is 24.0. The number of aromatic nitrogens is 3. The van der Waals surface area contributed by atoms with E-state index < -0.39 is 0 Å². The molecule has 0 saturated carbocycles. The number of thioether (sulfide) groups is 1. The number of rotatable bonds is 8. The number of amides is 1. The van der Waals surface area contributed by atoms with Gasteiger partial charge in [-0.05, 0) is 43.5 Å². The summed E-state index contributed by atoms with van der Waals surface area (Å²) >= 11 is 1.40. The monoisotopic (exact) mass is 487 g/mol. The Hall–Kier alpha value is -3.36. The van der Waals surface area contributed by atoms with E-state index in [-0.39, 0.29) is 11.9 Å². The van der Waals surface area contributed by atoms with Gasteiger partial charge < -0.3 is 9.73 Å². The Morgan fingerprint density at radius 3 is 2.43 bits per heavy atom. The van der Waals surface area contributed by atoms with Crippen LogP contribution in [0, 0.1) is 6.92 Å². The molecule has 0 atom stereocenters. The molecule has 1 N–H and O–H groups in total. The molecule has 2 aromatic carbocycles. The second kappa shape index (κ2) is 10.9. The molecule has 1 amide bonds. The van der Waals surface area contributed by atoms with E-state index in [1.165, 1.54) is 17.3 Å². The molecule has 8 heteroatoms. The molecule has 4 aromatic rings. The van der Waals surface area contributed by atoms with E-state index in [9.17, 15) is 4.79 Å². The average Bonchev–Trinajstić information content (AvgIpc) is 3.50. The molecule has 0 unspecified atom stereocenters. The van der Waals surface area contributed by atoms with Crippen molar-refractivity contribution >= 4 is 17.7 Å². The summed E-state index contributed by atoms with van der Waals surface area (Å²) in [7, 11) is 0. The van der Waals surface area contributed by atoms with Gasteiger partial charge in [-0.15, -0.1) is 10.2 Å². The lowest BCUT2D eigenvalue weighted by Crippen LogP contribution is -2.44. The van der Waals surface area contributed by atoms with Gasteiger partial charge in [0, 0.05) is 31.4 Å². The second-order valence-corrected chi connectivity index (χ2v) is 9.70. The minimum Gasteiger partial charge on any atom is -0.469 e. The van der Waals surface area contributed by atoms with Crippen LogP contribution in [-0.4, -0.2) is 50.5 Å². The number of carbonyl (C=O) groups excluding carboxylic acids is 1. The zero-order valence-corrected chi connectivity index (χ0v) is 20.6. The lowest BCUT2D eigenvalue weighted by Gasteiger charge is -2.32. The van der Waals surface area contributed by atoms with Crippen LogP contribution in [0.25, 0.3) is 17.1 Å². The quantitative estimate of drug-likeness (QED) is 0.363. The Morgan fingerprint density at radius 1 is 1.03 bits per heavy atom. The summed E-state index contributed by atoms with van der Waals surface area (Å²) in [6, 6.07) is 22.6. The number of likely N-dealkylation sites (tertiary alicyclic amines) is 1. The van der Waals surface area contributed by atoms with Gasteiger partial charge >= 0.3 is 0 Å². The number of nitrogens with zero attached hydrogens (tertiary/aromatic N) is 4. The summed E-state index contributed by atoms with van der Waals surface area (Å²) in [6.45, 7) is 4.85. The van der Waals surface area contributed by atoms with Crippen molar-refractivity contribution in [3.63, 3.8) is 0 Å². The van der Waals surface area contributed by atoms with Crippen LogP contribution in [0.15, 0.2) is 82.6 Å². The van der Waals surface area contributed by atoms with E-state index in [1.54, 1.807) is 6.26 Å². The number of nitrogens with one attached hydrogen (secondary N) is 1. The van der Waals surface area contributed by atoms with Gasteiger partial charge in [-0.25, -0.2) is 0 Å². The van der Waals surface area contributed by atoms with E-state index >= 15 is 0 Å². The van der Waals surface area contributed by atoms with Crippen LogP contribution >= 0.6 is 11.8 Å². The van der Waals surface area contributed by atoms with E-state index in [1.807, 2.05) is 54.0 Å². The molecule has 1 saturated heterocycles. The number of para-hydroxylation sites is 1. The molecular formula is C27H29N5O2S. The van der Waals surface area contributed by atoms with E-state index in [0.717, 1.165) is 49.5 Å². The van der Waals surface area contributed by atoms with Crippen LogP contribution in [0.3, 0.4) is 0 Å². The van der Waals surface area contributed by atoms with Crippen molar-refractivity contribution in [1.82, 2.24) is 25.0 Å². The number of piperidine rings is 1. The molecule has 0 radical (unpaired) electrons. The standard InChI is InChI=1S/C27H29N5O2S/c1-20-24(14-17-34-20)26-29-30-27(32(26)23-10-6-3-7-11-23)35-19-25(33)28-22-12-15-31(16-13-22)18-21-8-4-2-5-9-21/h2-11,14,17,22H,12-13,15-16,18-19H2,1H3,(H,28,33). The fourth-order valence-electron chi connectivity index (χ4n) is 4.44. The van der Waals surface area contributed by atoms with Crippen LogP contribution in [0.4, 0.5) is 0 Å². The maximum Gasteiger partial charge on any atom is 0.230 e. The van der Waals surface area contributed by atoms with Gasteiger partial charge in [0.2, 0.25) is 5.91 Å². The van der Waals surface area contributed by atoms with Crippen LogP contribution < -0.4 is 5.32 Å². The third-order valence-corrected chi connectivity index (χ3v) is 7.21. The molecule has 1 fully saturated rings. The smallest absolute Gasteiger partial charge is 0.230 e. The molecular weight excluding hydrogens is 458 g/mol. The highest BCUT2D eigenvalue weighted by Gasteiger charge is 2.23. The van der Waals surface area contributed by atoms with Gasteiger partial charge in [0.1, 0.15) is 5.76 Å². The first-order chi connectivity index (χ1) is 17.2. The molecule has 35 heavy (non-hydrogen) atoms. The van der Waals surface area contributed by atoms with Crippen molar-refractivity contribution in [3.8, 4) is 17.1 Å². The average molecular weight is 488 g/mol. The molecule has 180 valence electrons. The number of hydrogen-bond acceptors (Lipinski definition) is 6. The molecule has 0 bridgehead atoms. The third-order valence-electron chi connectivity index (χ3n) is 6.28. The number of hydrogen-bond donors (Lipinski definition) is 1. The van der Waals surface area contributed by atoms with Crippen molar-refractivity contribution < 1.29 is 9.21 Å². The number of furan rings is 1. The summed E-state index contributed by atoms with van der Waals surface area (Å²) in [4.78, 5) is 15.2. The molecule has 0 aliphatic carbocycles. The van der Waals surface area contributed by atoms with Gasteiger partial charge in [-0.3, -0.25) is 14.3 Å². The SMILES string of the molecule is Cc1occc1-c1nnc(SCC(=O)NC2CCN(Cc3ccccc3)CC2)n1-c1ccccc1. The first-order valence-electron chi connectivity index (χ1n) is 11.9. The van der Waals surface area contributed by atoms with Gasteiger partial charge in [0.25, 0.3) is 0 Å². The van der Waals surface area contributed by atoms with E-state index in [0.29, 0.717) is 16.7 Å². The highest BCUT2D eigenvalue weighted by Crippen LogP contribution is 2.30. The number of aryl methyl sites for hydroxylation is 1. The molecule has 5 rings (SSSR count). The molecule has 0 spiro atoms. The first-order valence-corrected chi connectivity index (χ1v) is 12.9. The lowest BCUT2D eigenvalue weighted by atomic mass is 10.0. The fourth-order valence-corrected chi connectivity index (χ4v) is 5.20. The van der Waals surface area contributed by atoms with Gasteiger partial charge in [-0.2, -0.15) is 0 Å². The minimum atomic E-state index is 0.0279. The molecule has 7 nitrogen and oxygen atoms in total. The highest BCUT2D eigenvalue weighted by molar-refractivity contribution is 7.99. The van der Waals surface area contributed by atoms with Crippen molar-refractivity contribution in [1.29, 1.82) is 0 Å². The normalized spacial score (nSPS) is 14.8. The fraction of sp³-hybridized carbons (Fsp3) is 0.296. The maximum atomic E-state index is 12.8. The topological polar surface area (TPSA) is 76.2 Å². The molecule has 1 aliphatic heterocycles. The van der Waals surface area contributed by atoms with Gasteiger partial charge in [-0.1, -0.05) is 60.3 Å².